The van der Waals surface area contributed by atoms with Crippen molar-refractivity contribution in [3.8, 4) is 0 Å². The number of hydrogen-bond donors (Lipinski definition) is 2. The molecule has 1 fully saturated rings. The molecule has 1 atom stereocenters. The third kappa shape index (κ3) is 5.19. The summed E-state index contributed by atoms with van der Waals surface area (Å²) in [6, 6.07) is 6.23. The number of para-hydroxylation sites is 1. The molecule has 1 aliphatic heterocycles. The van der Waals surface area contributed by atoms with Crippen molar-refractivity contribution in [3.63, 3.8) is 0 Å². The van der Waals surface area contributed by atoms with Crippen LogP contribution in [0.4, 0.5) is 10.5 Å². The topological polar surface area (TPSA) is 105 Å². The van der Waals surface area contributed by atoms with Crippen molar-refractivity contribution in [2.24, 2.45) is 0 Å². The normalized spacial score (nSPS) is 16.7. The van der Waals surface area contributed by atoms with E-state index in [0.29, 0.717) is 10.7 Å². The number of urea groups is 1. The van der Waals surface area contributed by atoms with Crippen molar-refractivity contribution in [1.82, 2.24) is 10.2 Å². The van der Waals surface area contributed by atoms with E-state index in [0.717, 1.165) is 4.90 Å². The lowest BCUT2D eigenvalue weighted by Gasteiger charge is -2.16. The molecule has 146 valence electrons. The van der Waals surface area contributed by atoms with Gasteiger partial charge in [-0.1, -0.05) is 23.7 Å². The van der Waals surface area contributed by atoms with E-state index in [1.54, 1.807) is 38.1 Å². The lowest BCUT2D eigenvalue weighted by Crippen LogP contribution is -2.40. The first-order valence-electron chi connectivity index (χ1n) is 8.51. The summed E-state index contributed by atoms with van der Waals surface area (Å²) in [5.41, 5.74) is -0.517. The number of halogens is 1. The molecule has 9 heteroatoms. The van der Waals surface area contributed by atoms with Gasteiger partial charge in [0, 0.05) is 13.0 Å². The molecular formula is C18H22ClN3O5. The van der Waals surface area contributed by atoms with Gasteiger partial charge in [-0.05, 0) is 39.3 Å². The minimum atomic E-state index is -1.01. The van der Waals surface area contributed by atoms with Crippen molar-refractivity contribution in [3.05, 3.63) is 29.3 Å². The molecule has 1 heterocycles. The maximum atomic E-state index is 12.1. The van der Waals surface area contributed by atoms with Crippen LogP contribution in [-0.4, -0.2) is 46.9 Å². The molecule has 2 rings (SSSR count). The fourth-order valence-corrected chi connectivity index (χ4v) is 2.69. The largest absolute Gasteiger partial charge is 0.453 e. The van der Waals surface area contributed by atoms with Crippen LogP contribution in [0.3, 0.4) is 0 Å². The van der Waals surface area contributed by atoms with Crippen molar-refractivity contribution in [1.29, 1.82) is 0 Å². The van der Waals surface area contributed by atoms with E-state index in [2.05, 4.69) is 10.6 Å². The highest BCUT2D eigenvalue weighted by molar-refractivity contribution is 6.33. The van der Waals surface area contributed by atoms with Crippen molar-refractivity contribution in [2.45, 2.75) is 45.3 Å². The molecule has 0 radical (unpaired) electrons. The highest BCUT2D eigenvalue weighted by atomic mass is 35.5. The van der Waals surface area contributed by atoms with E-state index in [-0.39, 0.29) is 25.3 Å². The molecule has 0 unspecified atom stereocenters. The Balaban J connectivity index is 1.77. The van der Waals surface area contributed by atoms with Gasteiger partial charge in [-0.15, -0.1) is 0 Å². The van der Waals surface area contributed by atoms with E-state index in [1.165, 1.54) is 6.92 Å². The minimum absolute atomic E-state index is 0.0266. The van der Waals surface area contributed by atoms with E-state index in [9.17, 15) is 19.2 Å². The molecule has 8 nitrogen and oxygen atoms in total. The molecule has 0 bridgehead atoms. The number of hydrogen-bond acceptors (Lipinski definition) is 5. The number of rotatable bonds is 7. The Morgan fingerprint density at radius 2 is 1.96 bits per heavy atom. The van der Waals surface area contributed by atoms with Gasteiger partial charge in [0.15, 0.2) is 6.10 Å². The molecule has 1 saturated heterocycles. The molecule has 2 N–H and O–H groups in total. The lowest BCUT2D eigenvalue weighted by atomic mass is 10.1. The summed E-state index contributed by atoms with van der Waals surface area (Å²) in [6.07, 6.45) is -0.793. The second-order valence-electron chi connectivity index (χ2n) is 6.72. The number of benzene rings is 1. The van der Waals surface area contributed by atoms with Crippen LogP contribution in [0.2, 0.25) is 5.02 Å². The Labute approximate surface area is 162 Å². The Morgan fingerprint density at radius 1 is 1.30 bits per heavy atom. The molecule has 1 aromatic rings. The fourth-order valence-electron chi connectivity index (χ4n) is 2.51. The number of anilines is 1. The highest BCUT2D eigenvalue weighted by Crippen LogP contribution is 2.21. The predicted octanol–water partition coefficient (Wildman–Crippen LogP) is 2.32. The first-order chi connectivity index (χ1) is 12.6. The van der Waals surface area contributed by atoms with Gasteiger partial charge < -0.3 is 15.4 Å². The van der Waals surface area contributed by atoms with Crippen LogP contribution in [-0.2, 0) is 19.1 Å². The van der Waals surface area contributed by atoms with Crippen LogP contribution < -0.4 is 10.6 Å². The lowest BCUT2D eigenvalue weighted by molar-refractivity contribution is -0.153. The molecular weight excluding hydrogens is 374 g/mol. The third-order valence-corrected chi connectivity index (χ3v) is 4.35. The smallest absolute Gasteiger partial charge is 0.325 e. The zero-order valence-electron chi connectivity index (χ0n) is 15.4. The van der Waals surface area contributed by atoms with Crippen LogP contribution in [0.1, 0.15) is 33.6 Å². The molecule has 1 aromatic carbocycles. The van der Waals surface area contributed by atoms with Gasteiger partial charge in [-0.25, -0.2) is 4.79 Å². The molecule has 0 aromatic heterocycles. The first-order valence-corrected chi connectivity index (χ1v) is 8.88. The van der Waals surface area contributed by atoms with Gasteiger partial charge in [0.25, 0.3) is 11.8 Å². The quantitative estimate of drug-likeness (QED) is 0.544. The monoisotopic (exact) mass is 395 g/mol. The van der Waals surface area contributed by atoms with Gasteiger partial charge in [0.2, 0.25) is 0 Å². The number of nitrogens with one attached hydrogen (secondary N) is 2. The highest BCUT2D eigenvalue weighted by Gasteiger charge is 2.43. The van der Waals surface area contributed by atoms with E-state index >= 15 is 0 Å². The van der Waals surface area contributed by atoms with Crippen LogP contribution in [0.15, 0.2) is 24.3 Å². The average Bonchev–Trinajstić information content (AvgIpc) is 2.78. The summed E-state index contributed by atoms with van der Waals surface area (Å²) in [5.74, 6) is -1.44. The number of carbonyl (C=O) groups excluding carboxylic acids is 4. The molecule has 0 spiro atoms. The maximum Gasteiger partial charge on any atom is 0.325 e. The van der Waals surface area contributed by atoms with Crippen molar-refractivity contribution >= 4 is 41.1 Å². The standard InChI is InChI=1S/C18H22ClN3O5/c1-11(15(24)20-13-8-5-4-7-12(13)19)27-14(23)9-6-10-22-16(25)18(2,3)21-17(22)26/h4-5,7-8,11H,6,9-10H2,1-3H3,(H,20,24)(H,21,26)/t11-/m0/s1. The predicted molar refractivity (Wildman–Crippen MR) is 99.2 cm³/mol. The third-order valence-electron chi connectivity index (χ3n) is 4.02. The summed E-state index contributed by atoms with van der Waals surface area (Å²) in [4.78, 5) is 48.9. The zero-order valence-corrected chi connectivity index (χ0v) is 16.1. The summed E-state index contributed by atoms with van der Waals surface area (Å²) >= 11 is 5.97. The Kier molecular flexibility index (Phi) is 6.43. The summed E-state index contributed by atoms with van der Waals surface area (Å²) in [7, 11) is 0. The van der Waals surface area contributed by atoms with Crippen LogP contribution in [0.25, 0.3) is 0 Å². The van der Waals surface area contributed by atoms with Crippen LogP contribution in [0.5, 0.6) is 0 Å². The molecule has 0 saturated carbocycles. The summed E-state index contributed by atoms with van der Waals surface area (Å²) < 4.78 is 5.09. The van der Waals surface area contributed by atoms with Gasteiger partial charge in [0.05, 0.1) is 10.7 Å². The van der Waals surface area contributed by atoms with E-state index in [4.69, 9.17) is 16.3 Å². The van der Waals surface area contributed by atoms with Crippen molar-refractivity contribution < 1.29 is 23.9 Å². The van der Waals surface area contributed by atoms with Gasteiger partial charge in [0.1, 0.15) is 5.54 Å². The Hall–Kier alpha value is -2.61. The molecule has 1 aliphatic rings. The van der Waals surface area contributed by atoms with E-state index < -0.39 is 29.6 Å². The average molecular weight is 396 g/mol. The second-order valence-corrected chi connectivity index (χ2v) is 7.12. The number of amides is 4. The van der Waals surface area contributed by atoms with Gasteiger partial charge in [-0.3, -0.25) is 19.3 Å². The van der Waals surface area contributed by atoms with Crippen LogP contribution >= 0.6 is 11.6 Å². The number of nitrogens with zero attached hydrogens (tertiary/aromatic N) is 1. The van der Waals surface area contributed by atoms with E-state index in [1.807, 2.05) is 0 Å². The minimum Gasteiger partial charge on any atom is -0.453 e. The number of imide groups is 1. The Bertz CT molecular complexity index is 765. The summed E-state index contributed by atoms with van der Waals surface area (Å²) in [5, 5.41) is 5.52. The maximum absolute atomic E-state index is 12.1. The van der Waals surface area contributed by atoms with Gasteiger partial charge in [-0.2, -0.15) is 0 Å². The zero-order chi connectivity index (χ0) is 20.2. The number of ether oxygens (including phenoxy) is 1. The van der Waals surface area contributed by atoms with Gasteiger partial charge >= 0.3 is 12.0 Å². The second kappa shape index (κ2) is 8.39. The molecule has 4 amide bonds. The summed E-state index contributed by atoms with van der Waals surface area (Å²) in [6.45, 7) is 4.77. The van der Waals surface area contributed by atoms with Crippen molar-refractivity contribution in [2.75, 3.05) is 11.9 Å². The van der Waals surface area contributed by atoms with Crippen LogP contribution in [0, 0.1) is 0 Å². The SMILES string of the molecule is C[C@H](OC(=O)CCCN1C(=O)NC(C)(C)C1=O)C(=O)Nc1ccccc1Cl. The Morgan fingerprint density at radius 3 is 2.56 bits per heavy atom. The molecule has 27 heavy (non-hydrogen) atoms. The number of esters is 1. The molecule has 0 aliphatic carbocycles. The fraction of sp³-hybridized carbons (Fsp3) is 0.444. The first kappa shape index (κ1) is 20.7. The number of carbonyl (C=O) groups is 4.